The summed E-state index contributed by atoms with van der Waals surface area (Å²) < 4.78 is 10.6. The lowest BCUT2D eigenvalue weighted by molar-refractivity contribution is -0.174. The lowest BCUT2D eigenvalue weighted by atomic mass is 9.88. The molecule has 0 spiro atoms. The number of hydrogen-bond acceptors (Lipinski definition) is 4. The molecule has 0 fully saturated rings. The van der Waals surface area contributed by atoms with Crippen LogP contribution in [0.15, 0.2) is 23.8 Å². The normalized spacial score (nSPS) is 19.9. The van der Waals surface area contributed by atoms with Gasteiger partial charge in [0.15, 0.2) is 0 Å². The second kappa shape index (κ2) is 7.85. The standard InChI is InChI=1S/C15H22O5/c1-4-13(19-9-10(2)3)20-15(18)12-8-6-5-7-11(12)14(16)17/h8,11,13H,2,4-7,9H2,1,3H3,(H,16,17). The third kappa shape index (κ3) is 4.81. The van der Waals surface area contributed by atoms with Gasteiger partial charge in [0.1, 0.15) is 0 Å². The van der Waals surface area contributed by atoms with Crippen molar-refractivity contribution in [2.45, 2.75) is 45.8 Å². The van der Waals surface area contributed by atoms with Gasteiger partial charge < -0.3 is 14.6 Å². The van der Waals surface area contributed by atoms with Crippen LogP contribution in [0.5, 0.6) is 0 Å². The summed E-state index contributed by atoms with van der Waals surface area (Å²) in [6.07, 6.45) is 3.45. The van der Waals surface area contributed by atoms with Crippen LogP contribution in [-0.2, 0) is 19.1 Å². The Balaban J connectivity index is 2.65. The monoisotopic (exact) mass is 282 g/mol. The molecular weight excluding hydrogens is 260 g/mol. The molecule has 1 N–H and O–H groups in total. The Morgan fingerprint density at radius 3 is 2.80 bits per heavy atom. The first-order chi connectivity index (χ1) is 9.45. The van der Waals surface area contributed by atoms with Gasteiger partial charge in [0, 0.05) is 12.0 Å². The second-order valence-corrected chi connectivity index (χ2v) is 4.99. The first-order valence-corrected chi connectivity index (χ1v) is 6.85. The van der Waals surface area contributed by atoms with E-state index < -0.39 is 24.1 Å². The first-order valence-electron chi connectivity index (χ1n) is 6.85. The summed E-state index contributed by atoms with van der Waals surface area (Å²) in [5, 5.41) is 9.13. The van der Waals surface area contributed by atoms with E-state index in [2.05, 4.69) is 6.58 Å². The maximum Gasteiger partial charge on any atom is 0.336 e. The van der Waals surface area contributed by atoms with Crippen LogP contribution in [-0.4, -0.2) is 29.9 Å². The average Bonchev–Trinajstić information content (AvgIpc) is 2.42. The lowest BCUT2D eigenvalue weighted by Crippen LogP contribution is -2.29. The zero-order valence-electron chi connectivity index (χ0n) is 12.1. The van der Waals surface area contributed by atoms with E-state index in [1.165, 1.54) is 0 Å². The highest BCUT2D eigenvalue weighted by molar-refractivity contribution is 5.95. The van der Waals surface area contributed by atoms with Crippen LogP contribution in [0.2, 0.25) is 0 Å². The molecule has 0 saturated carbocycles. The molecule has 2 atom stereocenters. The Kier molecular flexibility index (Phi) is 6.45. The van der Waals surface area contributed by atoms with Crippen molar-refractivity contribution in [1.82, 2.24) is 0 Å². The van der Waals surface area contributed by atoms with Gasteiger partial charge in [0.25, 0.3) is 0 Å². The Labute approximate surface area is 119 Å². The Morgan fingerprint density at radius 2 is 2.25 bits per heavy atom. The van der Waals surface area contributed by atoms with Crippen LogP contribution in [0, 0.1) is 5.92 Å². The second-order valence-electron chi connectivity index (χ2n) is 4.99. The summed E-state index contributed by atoms with van der Waals surface area (Å²) in [4.78, 5) is 23.2. The van der Waals surface area contributed by atoms with Crippen LogP contribution in [0.1, 0.15) is 39.5 Å². The third-order valence-corrected chi connectivity index (χ3v) is 3.06. The maximum atomic E-state index is 12.1. The number of aliphatic carboxylic acids is 1. The van der Waals surface area contributed by atoms with E-state index in [0.29, 0.717) is 25.9 Å². The predicted octanol–water partition coefficient (Wildman–Crippen LogP) is 2.67. The van der Waals surface area contributed by atoms with Crippen molar-refractivity contribution >= 4 is 11.9 Å². The molecule has 0 bridgehead atoms. The number of carboxylic acids is 1. The van der Waals surface area contributed by atoms with Gasteiger partial charge in [-0.25, -0.2) is 4.79 Å². The molecule has 0 radical (unpaired) electrons. The highest BCUT2D eigenvalue weighted by Crippen LogP contribution is 2.26. The highest BCUT2D eigenvalue weighted by atomic mass is 16.7. The summed E-state index contributed by atoms with van der Waals surface area (Å²) in [5.74, 6) is -2.34. The quantitative estimate of drug-likeness (QED) is 0.441. The molecule has 20 heavy (non-hydrogen) atoms. The molecule has 0 aromatic rings. The van der Waals surface area contributed by atoms with E-state index in [0.717, 1.165) is 12.0 Å². The largest absolute Gasteiger partial charge is 0.481 e. The smallest absolute Gasteiger partial charge is 0.336 e. The molecule has 2 unspecified atom stereocenters. The van der Waals surface area contributed by atoms with Gasteiger partial charge in [-0.3, -0.25) is 4.79 Å². The Bertz CT molecular complexity index is 410. The van der Waals surface area contributed by atoms with Gasteiger partial charge in [-0.15, -0.1) is 0 Å². The minimum atomic E-state index is -0.983. The number of esters is 1. The fraction of sp³-hybridized carbons (Fsp3) is 0.600. The molecule has 0 amide bonds. The third-order valence-electron chi connectivity index (χ3n) is 3.06. The topological polar surface area (TPSA) is 72.8 Å². The molecule has 112 valence electrons. The van der Waals surface area contributed by atoms with Crippen molar-refractivity contribution < 1.29 is 24.2 Å². The fourth-order valence-electron chi connectivity index (χ4n) is 2.02. The van der Waals surface area contributed by atoms with E-state index >= 15 is 0 Å². The van der Waals surface area contributed by atoms with E-state index in [-0.39, 0.29) is 5.57 Å². The number of ether oxygens (including phenoxy) is 2. The van der Waals surface area contributed by atoms with Crippen LogP contribution in [0.3, 0.4) is 0 Å². The van der Waals surface area contributed by atoms with E-state index in [9.17, 15) is 9.59 Å². The summed E-state index contributed by atoms with van der Waals surface area (Å²) in [5.41, 5.74) is 1.07. The summed E-state index contributed by atoms with van der Waals surface area (Å²) in [6, 6.07) is 0. The van der Waals surface area contributed by atoms with Gasteiger partial charge in [-0.05, 0) is 26.2 Å². The number of allylic oxidation sites excluding steroid dienone is 1. The van der Waals surface area contributed by atoms with Crippen LogP contribution in [0.4, 0.5) is 0 Å². The van der Waals surface area contributed by atoms with Crippen molar-refractivity contribution in [1.29, 1.82) is 0 Å². The molecular formula is C15H22O5. The minimum Gasteiger partial charge on any atom is -0.481 e. The average molecular weight is 282 g/mol. The van der Waals surface area contributed by atoms with Crippen LogP contribution < -0.4 is 0 Å². The molecule has 0 aromatic carbocycles. The van der Waals surface area contributed by atoms with Crippen LogP contribution >= 0.6 is 0 Å². The van der Waals surface area contributed by atoms with Gasteiger partial charge in [-0.1, -0.05) is 25.2 Å². The molecule has 0 saturated heterocycles. The zero-order chi connectivity index (χ0) is 15.1. The van der Waals surface area contributed by atoms with E-state index in [1.54, 1.807) is 6.08 Å². The molecule has 5 heteroatoms. The van der Waals surface area contributed by atoms with Crippen molar-refractivity contribution in [2.24, 2.45) is 5.92 Å². The Hall–Kier alpha value is -1.62. The molecule has 1 rings (SSSR count). The Morgan fingerprint density at radius 1 is 1.55 bits per heavy atom. The van der Waals surface area contributed by atoms with Crippen LogP contribution in [0.25, 0.3) is 0 Å². The van der Waals surface area contributed by atoms with Crippen molar-refractivity contribution in [3.63, 3.8) is 0 Å². The summed E-state index contributed by atoms with van der Waals surface area (Å²) >= 11 is 0. The molecule has 1 aliphatic carbocycles. The van der Waals surface area contributed by atoms with Crippen molar-refractivity contribution in [2.75, 3.05) is 6.61 Å². The number of carboxylic acid groups (broad SMARTS) is 1. The molecule has 1 aliphatic rings. The minimum absolute atomic E-state index is 0.237. The molecule has 5 nitrogen and oxygen atoms in total. The van der Waals surface area contributed by atoms with Crippen molar-refractivity contribution in [3.05, 3.63) is 23.8 Å². The zero-order valence-corrected chi connectivity index (χ0v) is 12.1. The first kappa shape index (κ1) is 16.4. The number of carbonyl (C=O) groups is 2. The van der Waals surface area contributed by atoms with Gasteiger partial charge in [0.2, 0.25) is 6.29 Å². The summed E-state index contributed by atoms with van der Waals surface area (Å²) in [7, 11) is 0. The SMILES string of the molecule is C=C(C)COC(CC)OC(=O)C1=CCCCC1C(=O)O. The lowest BCUT2D eigenvalue weighted by Gasteiger charge is -2.22. The number of hydrogen-bond donors (Lipinski definition) is 1. The van der Waals surface area contributed by atoms with Gasteiger partial charge >= 0.3 is 11.9 Å². The van der Waals surface area contributed by atoms with Crippen molar-refractivity contribution in [3.8, 4) is 0 Å². The molecule has 0 aliphatic heterocycles. The van der Waals surface area contributed by atoms with E-state index in [1.807, 2.05) is 13.8 Å². The number of rotatable bonds is 7. The summed E-state index contributed by atoms with van der Waals surface area (Å²) in [6.45, 7) is 7.68. The predicted molar refractivity (Wildman–Crippen MR) is 74.0 cm³/mol. The maximum absolute atomic E-state index is 12.1. The van der Waals surface area contributed by atoms with Gasteiger partial charge in [-0.2, -0.15) is 0 Å². The number of carbonyl (C=O) groups excluding carboxylic acids is 1. The molecule has 0 aromatic heterocycles. The highest BCUT2D eigenvalue weighted by Gasteiger charge is 2.31. The van der Waals surface area contributed by atoms with Gasteiger partial charge in [0.05, 0.1) is 12.5 Å². The molecule has 0 heterocycles. The van der Waals surface area contributed by atoms with E-state index in [4.69, 9.17) is 14.6 Å². The fourth-order valence-corrected chi connectivity index (χ4v) is 2.02.